The van der Waals surface area contributed by atoms with E-state index < -0.39 is 6.18 Å². The molecule has 1 aliphatic heterocycles. The standard InChI is InChI=1S/C5H6F3S2/c6-5(7,8)4-9-2-1-3-10-4/h1-3H2/q+1. The molecule has 0 amide bonds. The number of hydrogen-bond acceptors (Lipinski definition) is 1. The van der Waals surface area contributed by atoms with Gasteiger partial charge in [-0.15, -0.1) is 0 Å². The second-order valence-electron chi connectivity index (χ2n) is 1.84. The Hall–Kier alpha value is 0.230. The van der Waals surface area contributed by atoms with E-state index in [9.17, 15) is 13.2 Å². The molecule has 0 aromatic rings. The van der Waals surface area contributed by atoms with E-state index >= 15 is 0 Å². The minimum absolute atomic E-state index is 0.376. The van der Waals surface area contributed by atoms with E-state index in [1.54, 1.807) is 0 Å². The van der Waals surface area contributed by atoms with Crippen molar-refractivity contribution in [3.05, 3.63) is 0 Å². The summed E-state index contributed by atoms with van der Waals surface area (Å²) in [7, 11) is 0. The van der Waals surface area contributed by atoms with Gasteiger partial charge in [0.05, 0.1) is 0 Å². The molecule has 1 rings (SSSR count). The first-order valence-corrected chi connectivity index (χ1v) is 4.77. The molecule has 0 spiro atoms. The Morgan fingerprint density at radius 1 is 1.40 bits per heavy atom. The van der Waals surface area contributed by atoms with Crippen molar-refractivity contribution < 1.29 is 13.2 Å². The zero-order valence-corrected chi connectivity index (χ0v) is 6.70. The highest BCUT2D eigenvalue weighted by molar-refractivity contribution is 8.23. The molecule has 0 unspecified atom stereocenters. The Morgan fingerprint density at radius 3 is 2.40 bits per heavy atom. The highest BCUT2D eigenvalue weighted by Crippen LogP contribution is 2.26. The first-order valence-electron chi connectivity index (χ1n) is 2.80. The highest BCUT2D eigenvalue weighted by Gasteiger charge is 2.44. The summed E-state index contributed by atoms with van der Waals surface area (Å²) >= 11 is 1.85. The van der Waals surface area contributed by atoms with Gasteiger partial charge in [-0.1, -0.05) is 11.8 Å². The predicted octanol–water partition coefficient (Wildman–Crippen LogP) is 1.90. The first kappa shape index (κ1) is 8.33. The van der Waals surface area contributed by atoms with Crippen LogP contribution in [-0.2, 0) is 11.4 Å². The van der Waals surface area contributed by atoms with E-state index in [1.165, 1.54) is 0 Å². The van der Waals surface area contributed by atoms with Gasteiger partial charge in [0.25, 0.3) is 0 Å². The Morgan fingerprint density at radius 2 is 2.10 bits per heavy atom. The van der Waals surface area contributed by atoms with E-state index in [2.05, 4.69) is 0 Å². The summed E-state index contributed by atoms with van der Waals surface area (Å²) in [5.74, 6) is 1.23. The van der Waals surface area contributed by atoms with Crippen molar-refractivity contribution in [1.82, 2.24) is 0 Å². The quantitative estimate of drug-likeness (QED) is 0.412. The van der Waals surface area contributed by atoms with Crippen LogP contribution in [0.2, 0.25) is 0 Å². The molecular weight excluding hydrogens is 181 g/mol. The van der Waals surface area contributed by atoms with Crippen molar-refractivity contribution in [2.24, 2.45) is 0 Å². The lowest BCUT2D eigenvalue weighted by Gasteiger charge is -2.03. The fourth-order valence-corrected chi connectivity index (χ4v) is 2.89. The van der Waals surface area contributed by atoms with Crippen LogP contribution < -0.4 is 0 Å². The molecule has 0 radical (unpaired) electrons. The Bertz CT molecular complexity index is 149. The Labute approximate surface area is 65.1 Å². The smallest absolute Gasteiger partial charge is 0.161 e. The molecule has 1 heterocycles. The minimum atomic E-state index is -4.09. The van der Waals surface area contributed by atoms with Gasteiger partial charge in [-0.2, -0.15) is 13.2 Å². The summed E-state index contributed by atoms with van der Waals surface area (Å²) in [6.45, 7) is 0. The van der Waals surface area contributed by atoms with Crippen molar-refractivity contribution in [2.75, 3.05) is 11.5 Å². The summed E-state index contributed by atoms with van der Waals surface area (Å²) in [6, 6.07) is 0. The molecule has 0 bridgehead atoms. The number of halogens is 3. The van der Waals surface area contributed by atoms with Crippen LogP contribution in [0.5, 0.6) is 0 Å². The van der Waals surface area contributed by atoms with E-state index in [4.69, 9.17) is 0 Å². The molecule has 0 nitrogen and oxygen atoms in total. The topological polar surface area (TPSA) is 0 Å². The maximum Gasteiger partial charge on any atom is 0.477 e. The fraction of sp³-hybridized carbons (Fsp3) is 0.800. The van der Waals surface area contributed by atoms with Crippen LogP contribution in [0.4, 0.5) is 13.2 Å². The van der Waals surface area contributed by atoms with Gasteiger partial charge in [-0.3, -0.25) is 0 Å². The molecule has 0 N–H and O–H groups in total. The van der Waals surface area contributed by atoms with Crippen LogP contribution in [0.1, 0.15) is 6.42 Å². The van der Waals surface area contributed by atoms with Crippen molar-refractivity contribution >= 4 is 27.3 Å². The first-order chi connectivity index (χ1) is 4.61. The van der Waals surface area contributed by atoms with Gasteiger partial charge in [0.15, 0.2) is 17.1 Å². The molecule has 0 fully saturated rings. The third-order valence-corrected chi connectivity index (χ3v) is 3.67. The molecule has 0 saturated heterocycles. The summed E-state index contributed by atoms with van der Waals surface area (Å²) in [4.78, 5) is 0. The second-order valence-corrected chi connectivity index (χ2v) is 4.30. The average molecular weight is 187 g/mol. The molecule has 1 aliphatic rings. The van der Waals surface area contributed by atoms with E-state index in [-0.39, 0.29) is 4.20 Å². The van der Waals surface area contributed by atoms with Crippen molar-refractivity contribution in [2.45, 2.75) is 12.6 Å². The number of rotatable bonds is 0. The van der Waals surface area contributed by atoms with E-state index in [0.29, 0.717) is 11.5 Å². The lowest BCUT2D eigenvalue weighted by atomic mass is 10.6. The summed E-state index contributed by atoms with van der Waals surface area (Å²) in [5, 5.41) is 0. The second kappa shape index (κ2) is 3.09. The Kier molecular flexibility index (Phi) is 2.57. The number of thioether (sulfide) groups is 1. The third-order valence-electron chi connectivity index (χ3n) is 0.986. The predicted molar refractivity (Wildman–Crippen MR) is 40.4 cm³/mol. The fourth-order valence-electron chi connectivity index (χ4n) is 0.594. The van der Waals surface area contributed by atoms with E-state index in [1.807, 2.05) is 0 Å². The van der Waals surface area contributed by atoms with Gasteiger partial charge in [-0.25, -0.2) is 0 Å². The van der Waals surface area contributed by atoms with Gasteiger partial charge >= 0.3 is 10.4 Å². The molecule has 5 heteroatoms. The lowest BCUT2D eigenvalue weighted by Crippen LogP contribution is -2.23. The van der Waals surface area contributed by atoms with Crippen LogP contribution in [0.15, 0.2) is 0 Å². The number of hydrogen-bond donors (Lipinski definition) is 0. The van der Waals surface area contributed by atoms with Crippen LogP contribution in [0.3, 0.4) is 0 Å². The zero-order chi connectivity index (χ0) is 7.61. The van der Waals surface area contributed by atoms with E-state index in [0.717, 1.165) is 29.5 Å². The van der Waals surface area contributed by atoms with Crippen molar-refractivity contribution in [3.8, 4) is 0 Å². The van der Waals surface area contributed by atoms with Gasteiger partial charge in [0.2, 0.25) is 0 Å². The van der Waals surface area contributed by atoms with Crippen LogP contribution >= 0.6 is 11.8 Å². The van der Waals surface area contributed by atoms with Crippen molar-refractivity contribution in [3.63, 3.8) is 0 Å². The van der Waals surface area contributed by atoms with Crippen LogP contribution in [0.25, 0.3) is 0 Å². The normalized spacial score (nSPS) is 20.5. The Balaban J connectivity index is 2.62. The monoisotopic (exact) mass is 187 g/mol. The minimum Gasteiger partial charge on any atom is -0.161 e. The number of alkyl halides is 3. The molecule has 0 aromatic carbocycles. The van der Waals surface area contributed by atoms with Gasteiger partial charge in [0, 0.05) is 12.2 Å². The SMILES string of the molecule is FC(F)(F)C1=[S+]CCCS1. The van der Waals surface area contributed by atoms with Crippen LogP contribution in [-0.4, -0.2) is 21.9 Å². The van der Waals surface area contributed by atoms with Gasteiger partial charge < -0.3 is 0 Å². The van der Waals surface area contributed by atoms with Gasteiger partial charge in [0.1, 0.15) is 0 Å². The molecule has 0 aliphatic carbocycles. The van der Waals surface area contributed by atoms with Crippen molar-refractivity contribution in [1.29, 1.82) is 0 Å². The molecule has 0 aromatic heterocycles. The molecule has 0 atom stereocenters. The largest absolute Gasteiger partial charge is 0.477 e. The maximum absolute atomic E-state index is 11.9. The molecule has 10 heavy (non-hydrogen) atoms. The molecule has 58 valence electrons. The summed E-state index contributed by atoms with van der Waals surface area (Å²) < 4.78 is 35.2. The van der Waals surface area contributed by atoms with Gasteiger partial charge in [-0.05, 0) is 0 Å². The summed E-state index contributed by atoms with van der Waals surface area (Å²) in [5.41, 5.74) is 0. The zero-order valence-electron chi connectivity index (χ0n) is 5.07. The van der Waals surface area contributed by atoms with Crippen LogP contribution in [0, 0.1) is 0 Å². The molecule has 0 saturated carbocycles. The highest BCUT2D eigenvalue weighted by atomic mass is 32.2. The average Bonchev–Trinajstić information content (AvgIpc) is 1.88. The third kappa shape index (κ3) is 2.12. The lowest BCUT2D eigenvalue weighted by molar-refractivity contribution is -0.0533. The summed E-state index contributed by atoms with van der Waals surface area (Å²) in [6.07, 6.45) is -3.20. The molecular formula is C5H6F3S2+. The maximum atomic E-state index is 11.9.